The van der Waals surface area contributed by atoms with E-state index in [1.807, 2.05) is 6.92 Å². The summed E-state index contributed by atoms with van der Waals surface area (Å²) in [5.74, 6) is 0.135. The number of hydrogen-bond acceptors (Lipinski definition) is 4. The Morgan fingerprint density at radius 2 is 1.81 bits per heavy atom. The van der Waals surface area contributed by atoms with Crippen LogP contribution in [0.25, 0.3) is 0 Å². The highest BCUT2D eigenvalue weighted by molar-refractivity contribution is 7.92. The normalized spacial score (nSPS) is 12.3. The van der Waals surface area contributed by atoms with Gasteiger partial charge in [0.25, 0.3) is 0 Å². The molecule has 0 radical (unpaired) electrons. The first-order chi connectivity index (χ1) is 12.2. The lowest BCUT2D eigenvalue weighted by atomic mass is 10.2. The van der Waals surface area contributed by atoms with Gasteiger partial charge in [0.2, 0.25) is 15.9 Å². The Morgan fingerprint density at radius 3 is 2.35 bits per heavy atom. The van der Waals surface area contributed by atoms with E-state index in [9.17, 15) is 13.2 Å². The highest BCUT2D eigenvalue weighted by atomic mass is 35.5. The largest absolute Gasteiger partial charge is 0.494 e. The zero-order chi connectivity index (χ0) is 19.3. The molecule has 2 aromatic carbocycles. The van der Waals surface area contributed by atoms with Crippen LogP contribution < -0.4 is 14.4 Å². The monoisotopic (exact) mass is 396 g/mol. The van der Waals surface area contributed by atoms with Crippen LogP contribution in [0.1, 0.15) is 13.8 Å². The van der Waals surface area contributed by atoms with E-state index < -0.39 is 22.0 Å². The number of hydrogen-bond donors (Lipinski definition) is 1. The van der Waals surface area contributed by atoms with Crippen LogP contribution in [0.2, 0.25) is 5.02 Å². The smallest absolute Gasteiger partial charge is 0.248 e. The molecule has 0 saturated carbocycles. The summed E-state index contributed by atoms with van der Waals surface area (Å²) in [7, 11) is -3.69. The number of carbonyl (C=O) groups is 1. The molecule has 140 valence electrons. The summed E-state index contributed by atoms with van der Waals surface area (Å²) in [4.78, 5) is 12.6. The maximum Gasteiger partial charge on any atom is 0.248 e. The van der Waals surface area contributed by atoms with Crippen LogP contribution in [0.3, 0.4) is 0 Å². The first-order valence-corrected chi connectivity index (χ1v) is 10.2. The molecule has 0 aliphatic rings. The van der Waals surface area contributed by atoms with Crippen molar-refractivity contribution in [3.8, 4) is 5.75 Å². The molecule has 0 fully saturated rings. The molecule has 0 aliphatic carbocycles. The van der Waals surface area contributed by atoms with Crippen molar-refractivity contribution < 1.29 is 17.9 Å². The van der Waals surface area contributed by atoms with Gasteiger partial charge in [-0.2, -0.15) is 0 Å². The van der Waals surface area contributed by atoms with Crippen molar-refractivity contribution in [1.29, 1.82) is 0 Å². The Labute approximate surface area is 158 Å². The quantitative estimate of drug-likeness (QED) is 0.776. The summed E-state index contributed by atoms with van der Waals surface area (Å²) in [6.45, 7) is 3.88. The molecule has 8 heteroatoms. The number of ether oxygens (including phenoxy) is 1. The number of benzene rings is 2. The van der Waals surface area contributed by atoms with Crippen LogP contribution in [0, 0.1) is 0 Å². The van der Waals surface area contributed by atoms with Crippen molar-refractivity contribution in [3.63, 3.8) is 0 Å². The summed E-state index contributed by atoms with van der Waals surface area (Å²) < 4.78 is 31.0. The highest BCUT2D eigenvalue weighted by Crippen LogP contribution is 2.26. The molecular formula is C18H21ClN2O4S. The fourth-order valence-corrected chi connectivity index (χ4v) is 3.82. The zero-order valence-electron chi connectivity index (χ0n) is 14.8. The average molecular weight is 397 g/mol. The van der Waals surface area contributed by atoms with Crippen molar-refractivity contribution in [3.05, 3.63) is 53.6 Å². The first-order valence-electron chi connectivity index (χ1n) is 8.01. The van der Waals surface area contributed by atoms with Crippen LogP contribution in [-0.4, -0.2) is 33.2 Å². The van der Waals surface area contributed by atoms with Crippen LogP contribution in [-0.2, 0) is 14.8 Å². The van der Waals surface area contributed by atoms with Gasteiger partial charge in [-0.15, -0.1) is 0 Å². The summed E-state index contributed by atoms with van der Waals surface area (Å²) in [6, 6.07) is 12.3. The minimum atomic E-state index is -3.69. The molecule has 0 spiro atoms. The maximum absolute atomic E-state index is 12.6. The second kappa shape index (κ2) is 8.42. The first kappa shape index (κ1) is 20.1. The van der Waals surface area contributed by atoms with E-state index >= 15 is 0 Å². The predicted molar refractivity (Wildman–Crippen MR) is 104 cm³/mol. The van der Waals surface area contributed by atoms with E-state index in [0.29, 0.717) is 28.8 Å². The second-order valence-corrected chi connectivity index (χ2v) is 7.90. The van der Waals surface area contributed by atoms with Gasteiger partial charge in [0.05, 0.1) is 29.3 Å². The van der Waals surface area contributed by atoms with E-state index in [4.69, 9.17) is 16.3 Å². The second-order valence-electron chi connectivity index (χ2n) is 5.63. The van der Waals surface area contributed by atoms with E-state index in [2.05, 4.69) is 5.32 Å². The van der Waals surface area contributed by atoms with Gasteiger partial charge >= 0.3 is 0 Å². The summed E-state index contributed by atoms with van der Waals surface area (Å²) in [5, 5.41) is 3.04. The predicted octanol–water partition coefficient (Wildman–Crippen LogP) is 3.53. The molecule has 1 atom stereocenters. The van der Waals surface area contributed by atoms with E-state index in [1.165, 1.54) is 6.92 Å². The SMILES string of the molecule is CCOc1ccc(N(C(C)C(=O)Nc2ccccc2Cl)S(C)(=O)=O)cc1. The lowest BCUT2D eigenvalue weighted by Gasteiger charge is -2.28. The maximum atomic E-state index is 12.6. The molecule has 1 unspecified atom stereocenters. The molecule has 0 heterocycles. The summed E-state index contributed by atoms with van der Waals surface area (Å²) in [6.07, 6.45) is 1.06. The molecule has 0 bridgehead atoms. The molecule has 1 N–H and O–H groups in total. The van der Waals surface area contributed by atoms with Gasteiger partial charge in [-0.05, 0) is 50.2 Å². The summed E-state index contributed by atoms with van der Waals surface area (Å²) in [5.41, 5.74) is 0.795. The van der Waals surface area contributed by atoms with Gasteiger partial charge < -0.3 is 10.1 Å². The number of halogens is 1. The fraction of sp³-hybridized carbons (Fsp3) is 0.278. The number of anilines is 2. The minimum absolute atomic E-state index is 0.373. The number of nitrogens with zero attached hydrogens (tertiary/aromatic N) is 1. The topological polar surface area (TPSA) is 75.7 Å². The van der Waals surface area contributed by atoms with E-state index in [-0.39, 0.29) is 0 Å². The minimum Gasteiger partial charge on any atom is -0.494 e. The molecule has 0 saturated heterocycles. The van der Waals surface area contributed by atoms with Crippen LogP contribution in [0.5, 0.6) is 5.75 Å². The van der Waals surface area contributed by atoms with Crippen molar-refractivity contribution in [1.82, 2.24) is 0 Å². The van der Waals surface area contributed by atoms with Gasteiger partial charge in [0.15, 0.2) is 0 Å². The van der Waals surface area contributed by atoms with E-state index in [1.54, 1.807) is 48.5 Å². The lowest BCUT2D eigenvalue weighted by Crippen LogP contribution is -2.45. The Kier molecular flexibility index (Phi) is 6.50. The third-order valence-corrected chi connectivity index (χ3v) is 5.19. The Balaban J connectivity index is 2.28. The summed E-state index contributed by atoms with van der Waals surface area (Å²) >= 11 is 6.05. The Morgan fingerprint density at radius 1 is 1.19 bits per heavy atom. The third kappa shape index (κ3) is 4.89. The van der Waals surface area contributed by atoms with Gasteiger partial charge in [-0.1, -0.05) is 23.7 Å². The molecule has 2 aromatic rings. The van der Waals surface area contributed by atoms with E-state index in [0.717, 1.165) is 10.6 Å². The Hall–Kier alpha value is -2.25. The molecule has 6 nitrogen and oxygen atoms in total. The van der Waals surface area contributed by atoms with Gasteiger partial charge in [-0.3, -0.25) is 9.10 Å². The Bertz CT molecular complexity index is 869. The highest BCUT2D eigenvalue weighted by Gasteiger charge is 2.29. The number of carbonyl (C=O) groups excluding carboxylic acids is 1. The molecule has 1 amide bonds. The number of para-hydroxylation sites is 1. The number of rotatable bonds is 7. The fourth-order valence-electron chi connectivity index (χ4n) is 2.46. The molecule has 0 aliphatic heterocycles. The van der Waals surface area contributed by atoms with Gasteiger partial charge in [0, 0.05) is 0 Å². The van der Waals surface area contributed by atoms with Crippen molar-refractivity contribution >= 4 is 38.9 Å². The van der Waals surface area contributed by atoms with Crippen LogP contribution >= 0.6 is 11.6 Å². The number of nitrogens with one attached hydrogen (secondary N) is 1. The number of sulfonamides is 1. The van der Waals surface area contributed by atoms with Gasteiger partial charge in [0.1, 0.15) is 11.8 Å². The van der Waals surface area contributed by atoms with Crippen molar-refractivity contribution in [2.75, 3.05) is 22.5 Å². The van der Waals surface area contributed by atoms with Crippen LogP contribution in [0.15, 0.2) is 48.5 Å². The molecule has 0 aromatic heterocycles. The molecule has 26 heavy (non-hydrogen) atoms. The number of amides is 1. The average Bonchev–Trinajstić information content (AvgIpc) is 2.57. The molecular weight excluding hydrogens is 376 g/mol. The van der Waals surface area contributed by atoms with Crippen molar-refractivity contribution in [2.24, 2.45) is 0 Å². The zero-order valence-corrected chi connectivity index (χ0v) is 16.3. The van der Waals surface area contributed by atoms with Crippen molar-refractivity contribution in [2.45, 2.75) is 19.9 Å². The standard InChI is InChI=1S/C18H21ClN2O4S/c1-4-25-15-11-9-14(10-12-15)21(26(3,23)24)13(2)18(22)20-17-8-6-5-7-16(17)19/h5-13H,4H2,1-3H3,(H,20,22). The third-order valence-electron chi connectivity index (χ3n) is 3.62. The van der Waals surface area contributed by atoms with Gasteiger partial charge in [-0.25, -0.2) is 8.42 Å². The van der Waals surface area contributed by atoms with Crippen LogP contribution in [0.4, 0.5) is 11.4 Å². The lowest BCUT2D eigenvalue weighted by molar-refractivity contribution is -0.116. The molecule has 2 rings (SSSR count).